The van der Waals surface area contributed by atoms with Crippen LogP contribution in [0.25, 0.3) is 0 Å². The van der Waals surface area contributed by atoms with Gasteiger partial charge in [0, 0.05) is 12.6 Å². The van der Waals surface area contributed by atoms with E-state index in [2.05, 4.69) is 15.6 Å². The van der Waals surface area contributed by atoms with Crippen LogP contribution in [0.4, 0.5) is 0 Å². The Labute approximate surface area is 90.3 Å². The van der Waals surface area contributed by atoms with Crippen LogP contribution in [0.2, 0.25) is 0 Å². The molecule has 2 N–H and O–H groups in total. The van der Waals surface area contributed by atoms with Gasteiger partial charge in [0.15, 0.2) is 5.96 Å². The van der Waals surface area contributed by atoms with E-state index in [0.29, 0.717) is 19.2 Å². The first-order valence-electron chi connectivity index (χ1n) is 5.23. The zero-order valence-corrected chi connectivity index (χ0v) is 9.76. The van der Waals surface area contributed by atoms with E-state index in [0.717, 1.165) is 0 Å². The van der Waals surface area contributed by atoms with Crippen LogP contribution in [0.3, 0.4) is 0 Å². The minimum absolute atomic E-state index is 0.0876. The van der Waals surface area contributed by atoms with Crippen molar-refractivity contribution in [1.82, 2.24) is 10.6 Å². The number of nitrogens with one attached hydrogen (secondary N) is 2. The second kappa shape index (κ2) is 4.61. The Hall–Kier alpha value is -1.10. The van der Waals surface area contributed by atoms with Crippen molar-refractivity contribution in [2.75, 3.05) is 13.2 Å². The van der Waals surface area contributed by atoms with Gasteiger partial charge in [0.25, 0.3) is 5.91 Å². The van der Waals surface area contributed by atoms with Gasteiger partial charge in [-0.15, -0.1) is 0 Å². The van der Waals surface area contributed by atoms with E-state index >= 15 is 0 Å². The van der Waals surface area contributed by atoms with Crippen LogP contribution < -0.4 is 10.6 Å². The lowest BCUT2D eigenvalue weighted by Crippen LogP contribution is -2.48. The second-order valence-electron chi connectivity index (χ2n) is 4.12. The smallest absolute Gasteiger partial charge is 0.254 e. The lowest BCUT2D eigenvalue weighted by atomic mass is 10.1. The molecule has 1 fully saturated rings. The van der Waals surface area contributed by atoms with Crippen LogP contribution in [0.5, 0.6) is 0 Å². The molecule has 0 saturated carbocycles. The van der Waals surface area contributed by atoms with Crippen molar-refractivity contribution in [1.29, 1.82) is 0 Å². The predicted molar refractivity (Wildman–Crippen MR) is 58.7 cm³/mol. The molecule has 1 atom stereocenters. The number of guanidine groups is 1. The van der Waals surface area contributed by atoms with Crippen LogP contribution in [-0.2, 0) is 9.53 Å². The van der Waals surface area contributed by atoms with Gasteiger partial charge in [-0.3, -0.25) is 15.1 Å². The van der Waals surface area contributed by atoms with Gasteiger partial charge in [-0.05, 0) is 27.7 Å². The molecule has 1 heterocycles. The first kappa shape index (κ1) is 12.0. The zero-order valence-electron chi connectivity index (χ0n) is 9.76. The third kappa shape index (κ3) is 2.92. The number of rotatable bonds is 4. The summed E-state index contributed by atoms with van der Waals surface area (Å²) < 4.78 is 5.27. The Kier molecular flexibility index (Phi) is 3.68. The molecule has 5 heteroatoms. The third-order valence-corrected chi connectivity index (χ3v) is 2.11. The van der Waals surface area contributed by atoms with Crippen LogP contribution in [0.1, 0.15) is 27.7 Å². The molecule has 0 spiro atoms. The molecule has 1 unspecified atom stereocenters. The van der Waals surface area contributed by atoms with Crippen LogP contribution in [0.15, 0.2) is 4.99 Å². The molecule has 15 heavy (non-hydrogen) atoms. The summed E-state index contributed by atoms with van der Waals surface area (Å²) in [5.74, 6) is 0.451. The van der Waals surface area contributed by atoms with Crippen molar-refractivity contribution in [3.05, 3.63) is 0 Å². The first-order chi connectivity index (χ1) is 6.98. The Morgan fingerprint density at radius 3 is 2.73 bits per heavy atom. The predicted octanol–water partition coefficient (Wildman–Crippen LogP) is 0.265. The average Bonchev–Trinajstić information content (AvgIpc) is 2.38. The van der Waals surface area contributed by atoms with Crippen molar-refractivity contribution >= 4 is 11.9 Å². The van der Waals surface area contributed by atoms with Crippen molar-refractivity contribution in [3.8, 4) is 0 Å². The molecule has 0 aromatic heterocycles. The number of carbonyl (C=O) groups is 1. The molecule has 0 aliphatic carbocycles. The average molecular weight is 213 g/mol. The number of ether oxygens (including phenoxy) is 1. The molecule has 0 radical (unpaired) electrons. The summed E-state index contributed by atoms with van der Waals surface area (Å²) in [7, 11) is 0. The summed E-state index contributed by atoms with van der Waals surface area (Å²) in [4.78, 5) is 15.9. The summed E-state index contributed by atoms with van der Waals surface area (Å²) in [6.45, 7) is 8.58. The Balaban J connectivity index is 2.66. The van der Waals surface area contributed by atoms with E-state index in [4.69, 9.17) is 4.74 Å². The fourth-order valence-electron chi connectivity index (χ4n) is 1.33. The van der Waals surface area contributed by atoms with E-state index in [9.17, 15) is 4.79 Å². The minimum atomic E-state index is -0.691. The maximum Gasteiger partial charge on any atom is 0.254 e. The number of carbonyl (C=O) groups excluding carboxylic acids is 1. The number of nitrogens with zero attached hydrogens (tertiary/aromatic N) is 1. The molecule has 1 aliphatic rings. The van der Waals surface area contributed by atoms with E-state index in [1.54, 1.807) is 6.92 Å². The van der Waals surface area contributed by atoms with Crippen molar-refractivity contribution in [3.63, 3.8) is 0 Å². The van der Waals surface area contributed by atoms with E-state index in [-0.39, 0.29) is 11.9 Å². The topological polar surface area (TPSA) is 62.7 Å². The van der Waals surface area contributed by atoms with Gasteiger partial charge >= 0.3 is 0 Å². The molecule has 5 nitrogen and oxygen atoms in total. The van der Waals surface area contributed by atoms with Gasteiger partial charge in [-0.1, -0.05) is 0 Å². The normalized spacial score (nSPS) is 28.3. The summed E-state index contributed by atoms with van der Waals surface area (Å²) in [5, 5.41) is 5.75. The highest BCUT2D eigenvalue weighted by Crippen LogP contribution is 2.10. The van der Waals surface area contributed by atoms with Crippen LogP contribution >= 0.6 is 0 Å². The highest BCUT2D eigenvalue weighted by atomic mass is 16.5. The highest BCUT2D eigenvalue weighted by molar-refractivity contribution is 6.08. The molecular weight excluding hydrogens is 194 g/mol. The monoisotopic (exact) mass is 213 g/mol. The van der Waals surface area contributed by atoms with Crippen molar-refractivity contribution in [2.45, 2.75) is 39.3 Å². The highest BCUT2D eigenvalue weighted by Gasteiger charge is 2.40. The van der Waals surface area contributed by atoms with Gasteiger partial charge in [-0.2, -0.15) is 0 Å². The molecule has 86 valence electrons. The SMILES string of the molecule is CCOCC1(C)NC(=NC(C)C)NC1=O. The van der Waals surface area contributed by atoms with Gasteiger partial charge in [0.1, 0.15) is 5.54 Å². The molecule has 0 aromatic carbocycles. The molecule has 0 aromatic rings. The maximum atomic E-state index is 11.7. The van der Waals surface area contributed by atoms with Crippen molar-refractivity contribution in [2.24, 2.45) is 4.99 Å². The largest absolute Gasteiger partial charge is 0.379 e. The lowest BCUT2D eigenvalue weighted by Gasteiger charge is -2.20. The number of hydrogen-bond donors (Lipinski definition) is 2. The first-order valence-corrected chi connectivity index (χ1v) is 5.23. The van der Waals surface area contributed by atoms with Crippen molar-refractivity contribution < 1.29 is 9.53 Å². The standard InChI is InChI=1S/C10H19N3O2/c1-5-15-6-10(4)8(14)12-9(13-10)11-7(2)3/h7H,5-6H2,1-4H3,(H2,11,12,13,14). The molecule has 0 bridgehead atoms. The van der Waals surface area contributed by atoms with Gasteiger partial charge in [-0.25, -0.2) is 0 Å². The zero-order chi connectivity index (χ0) is 11.5. The fraction of sp³-hybridized carbons (Fsp3) is 0.800. The van der Waals surface area contributed by atoms with Crippen LogP contribution in [-0.4, -0.2) is 36.7 Å². The number of aliphatic imine (C=N–C) groups is 1. The summed E-state index contributed by atoms with van der Waals surface area (Å²) >= 11 is 0. The summed E-state index contributed by atoms with van der Waals surface area (Å²) in [5.41, 5.74) is -0.691. The lowest BCUT2D eigenvalue weighted by molar-refractivity contribution is -0.125. The quantitative estimate of drug-likeness (QED) is 0.704. The van der Waals surface area contributed by atoms with Gasteiger partial charge in [0.2, 0.25) is 0 Å². The van der Waals surface area contributed by atoms with Gasteiger partial charge in [0.05, 0.1) is 6.61 Å². The van der Waals surface area contributed by atoms with E-state index in [1.807, 2.05) is 20.8 Å². The van der Waals surface area contributed by atoms with E-state index in [1.165, 1.54) is 0 Å². The number of amides is 1. The van der Waals surface area contributed by atoms with Gasteiger partial charge < -0.3 is 10.1 Å². The fourth-order valence-corrected chi connectivity index (χ4v) is 1.33. The third-order valence-electron chi connectivity index (χ3n) is 2.11. The molecule has 1 saturated heterocycles. The molecular formula is C10H19N3O2. The number of hydrogen-bond acceptors (Lipinski definition) is 3. The minimum Gasteiger partial charge on any atom is -0.379 e. The Morgan fingerprint density at radius 2 is 2.20 bits per heavy atom. The summed E-state index contributed by atoms with van der Waals surface area (Å²) in [6.07, 6.45) is 0. The molecule has 1 aliphatic heterocycles. The molecule has 1 amide bonds. The second-order valence-corrected chi connectivity index (χ2v) is 4.12. The Morgan fingerprint density at radius 1 is 1.53 bits per heavy atom. The maximum absolute atomic E-state index is 11.7. The molecule has 1 rings (SSSR count). The van der Waals surface area contributed by atoms with Crippen LogP contribution in [0, 0.1) is 0 Å². The Bertz CT molecular complexity index is 276. The summed E-state index contributed by atoms with van der Waals surface area (Å²) in [6, 6.07) is 0.155. The van der Waals surface area contributed by atoms with E-state index < -0.39 is 5.54 Å².